The molecule has 5 heteroatoms. The minimum absolute atomic E-state index is 0.149. The van der Waals surface area contributed by atoms with Gasteiger partial charge in [-0.1, -0.05) is 29.8 Å². The number of halogens is 1. The summed E-state index contributed by atoms with van der Waals surface area (Å²) in [7, 11) is 0. The summed E-state index contributed by atoms with van der Waals surface area (Å²) in [4.78, 5) is 15.6. The standard InChI is InChI=1S/C13H11ClN2O2/c14-10-4-1-3-9(7-10)8-18-13(17)11-5-2-6-12(15)16-11/h1-7H,8H2,(H2,15,16). The number of benzene rings is 1. The molecule has 0 saturated carbocycles. The average Bonchev–Trinajstić information content (AvgIpc) is 2.36. The lowest BCUT2D eigenvalue weighted by Crippen LogP contribution is -2.08. The van der Waals surface area contributed by atoms with Crippen LogP contribution in [0.2, 0.25) is 5.02 Å². The molecule has 0 amide bonds. The van der Waals surface area contributed by atoms with E-state index in [0.717, 1.165) is 5.56 Å². The molecule has 0 radical (unpaired) electrons. The van der Waals surface area contributed by atoms with Crippen molar-refractivity contribution < 1.29 is 9.53 Å². The van der Waals surface area contributed by atoms with Crippen molar-refractivity contribution in [3.63, 3.8) is 0 Å². The third kappa shape index (κ3) is 3.21. The van der Waals surface area contributed by atoms with Gasteiger partial charge in [0.1, 0.15) is 12.4 Å². The molecule has 0 unspecified atom stereocenters. The van der Waals surface area contributed by atoms with Crippen LogP contribution < -0.4 is 5.73 Å². The number of aromatic nitrogens is 1. The highest BCUT2D eigenvalue weighted by molar-refractivity contribution is 6.30. The normalized spacial score (nSPS) is 10.1. The fourth-order valence-electron chi connectivity index (χ4n) is 1.41. The predicted molar refractivity (Wildman–Crippen MR) is 69.2 cm³/mol. The van der Waals surface area contributed by atoms with E-state index in [4.69, 9.17) is 22.1 Å². The molecule has 2 aromatic rings. The van der Waals surface area contributed by atoms with E-state index < -0.39 is 5.97 Å². The summed E-state index contributed by atoms with van der Waals surface area (Å²) in [5, 5.41) is 0.602. The van der Waals surface area contributed by atoms with Crippen LogP contribution in [0.5, 0.6) is 0 Å². The lowest BCUT2D eigenvalue weighted by molar-refractivity contribution is 0.0466. The zero-order valence-corrected chi connectivity index (χ0v) is 10.2. The van der Waals surface area contributed by atoms with Crippen molar-refractivity contribution in [1.29, 1.82) is 0 Å². The number of pyridine rings is 1. The van der Waals surface area contributed by atoms with E-state index in [-0.39, 0.29) is 18.1 Å². The Morgan fingerprint density at radius 2 is 2.06 bits per heavy atom. The van der Waals surface area contributed by atoms with Crippen molar-refractivity contribution in [2.24, 2.45) is 0 Å². The van der Waals surface area contributed by atoms with Crippen LogP contribution >= 0.6 is 11.6 Å². The first-order valence-corrected chi connectivity index (χ1v) is 5.67. The number of nitrogens with two attached hydrogens (primary N) is 1. The van der Waals surface area contributed by atoms with Gasteiger partial charge in [0.25, 0.3) is 0 Å². The van der Waals surface area contributed by atoms with Gasteiger partial charge in [-0.15, -0.1) is 0 Å². The van der Waals surface area contributed by atoms with E-state index in [1.165, 1.54) is 0 Å². The van der Waals surface area contributed by atoms with Crippen molar-refractivity contribution in [3.8, 4) is 0 Å². The molecule has 1 heterocycles. The summed E-state index contributed by atoms with van der Waals surface area (Å²) in [6, 6.07) is 11.9. The third-order valence-electron chi connectivity index (χ3n) is 2.24. The molecule has 0 bridgehead atoms. The van der Waals surface area contributed by atoms with Crippen LogP contribution in [0.25, 0.3) is 0 Å². The molecule has 2 N–H and O–H groups in total. The van der Waals surface area contributed by atoms with Crippen LogP contribution in [-0.2, 0) is 11.3 Å². The van der Waals surface area contributed by atoms with Crippen LogP contribution in [0.15, 0.2) is 42.5 Å². The molecule has 0 atom stereocenters. The van der Waals surface area contributed by atoms with Crippen molar-refractivity contribution >= 4 is 23.4 Å². The molecule has 1 aromatic carbocycles. The van der Waals surface area contributed by atoms with Crippen LogP contribution in [0.3, 0.4) is 0 Å². The van der Waals surface area contributed by atoms with E-state index in [0.29, 0.717) is 5.02 Å². The molecule has 0 fully saturated rings. The van der Waals surface area contributed by atoms with E-state index in [1.807, 2.05) is 6.07 Å². The largest absolute Gasteiger partial charge is 0.456 e. The SMILES string of the molecule is Nc1cccc(C(=O)OCc2cccc(Cl)c2)n1. The molecule has 1 aromatic heterocycles. The molecule has 0 spiro atoms. The van der Waals surface area contributed by atoms with Gasteiger partial charge in [0.05, 0.1) is 0 Å². The zero-order valence-electron chi connectivity index (χ0n) is 9.47. The van der Waals surface area contributed by atoms with Crippen molar-refractivity contribution in [2.75, 3.05) is 5.73 Å². The number of hydrogen-bond acceptors (Lipinski definition) is 4. The molecule has 2 rings (SSSR count). The predicted octanol–water partition coefficient (Wildman–Crippen LogP) is 2.67. The summed E-state index contributed by atoms with van der Waals surface area (Å²) in [6.07, 6.45) is 0. The number of carbonyl (C=O) groups excluding carboxylic acids is 1. The van der Waals surface area contributed by atoms with Gasteiger partial charge in [0, 0.05) is 5.02 Å². The van der Waals surface area contributed by atoms with Gasteiger partial charge >= 0.3 is 5.97 Å². The molecular weight excluding hydrogens is 252 g/mol. The van der Waals surface area contributed by atoms with Crippen LogP contribution in [0, 0.1) is 0 Å². The molecule has 0 aliphatic rings. The van der Waals surface area contributed by atoms with Crippen LogP contribution in [0.1, 0.15) is 16.1 Å². The Hall–Kier alpha value is -2.07. The van der Waals surface area contributed by atoms with Crippen LogP contribution in [-0.4, -0.2) is 11.0 Å². The van der Waals surface area contributed by atoms with E-state index in [2.05, 4.69) is 4.98 Å². The lowest BCUT2D eigenvalue weighted by Gasteiger charge is -2.05. The van der Waals surface area contributed by atoms with Crippen molar-refractivity contribution in [2.45, 2.75) is 6.61 Å². The van der Waals surface area contributed by atoms with Gasteiger partial charge in [0.15, 0.2) is 5.69 Å². The Morgan fingerprint density at radius 1 is 1.28 bits per heavy atom. The van der Waals surface area contributed by atoms with Crippen molar-refractivity contribution in [3.05, 3.63) is 58.7 Å². The maximum absolute atomic E-state index is 11.7. The second-order valence-electron chi connectivity index (χ2n) is 3.65. The molecule has 18 heavy (non-hydrogen) atoms. The second kappa shape index (κ2) is 5.51. The Morgan fingerprint density at radius 3 is 2.78 bits per heavy atom. The first kappa shape index (κ1) is 12.4. The fourth-order valence-corrected chi connectivity index (χ4v) is 1.63. The Bertz CT molecular complexity index is 572. The number of carbonyl (C=O) groups is 1. The Labute approximate surface area is 109 Å². The highest BCUT2D eigenvalue weighted by Gasteiger charge is 2.09. The number of nitrogen functional groups attached to an aromatic ring is 1. The number of anilines is 1. The van der Waals surface area contributed by atoms with E-state index in [9.17, 15) is 4.79 Å². The minimum Gasteiger partial charge on any atom is -0.456 e. The molecule has 92 valence electrons. The number of esters is 1. The second-order valence-corrected chi connectivity index (χ2v) is 4.09. The van der Waals surface area contributed by atoms with Gasteiger partial charge < -0.3 is 10.5 Å². The smallest absolute Gasteiger partial charge is 0.357 e. The number of rotatable bonds is 3. The van der Waals surface area contributed by atoms with Crippen molar-refractivity contribution in [1.82, 2.24) is 4.98 Å². The molecule has 0 aliphatic heterocycles. The topological polar surface area (TPSA) is 65.2 Å². The molecular formula is C13H11ClN2O2. The van der Waals surface area contributed by atoms with Gasteiger partial charge in [0.2, 0.25) is 0 Å². The van der Waals surface area contributed by atoms with Gasteiger partial charge in [-0.2, -0.15) is 0 Å². The average molecular weight is 263 g/mol. The summed E-state index contributed by atoms with van der Waals surface area (Å²) in [5.41, 5.74) is 6.50. The first-order valence-electron chi connectivity index (χ1n) is 5.29. The number of nitrogens with zero attached hydrogens (tertiary/aromatic N) is 1. The summed E-state index contributed by atoms with van der Waals surface area (Å²) >= 11 is 5.83. The first-order chi connectivity index (χ1) is 8.65. The fraction of sp³-hybridized carbons (Fsp3) is 0.0769. The maximum atomic E-state index is 11.7. The van der Waals surface area contributed by atoms with E-state index in [1.54, 1.807) is 36.4 Å². The van der Waals surface area contributed by atoms with Gasteiger partial charge in [-0.05, 0) is 29.8 Å². The minimum atomic E-state index is -0.512. The molecule has 0 saturated heterocycles. The van der Waals surface area contributed by atoms with E-state index >= 15 is 0 Å². The zero-order chi connectivity index (χ0) is 13.0. The van der Waals surface area contributed by atoms with Crippen LogP contribution in [0.4, 0.5) is 5.82 Å². The summed E-state index contributed by atoms with van der Waals surface area (Å²) < 4.78 is 5.11. The highest BCUT2D eigenvalue weighted by Crippen LogP contribution is 2.12. The number of ether oxygens (including phenoxy) is 1. The van der Waals surface area contributed by atoms with Gasteiger partial charge in [-0.25, -0.2) is 9.78 Å². The number of hydrogen-bond donors (Lipinski definition) is 1. The summed E-state index contributed by atoms with van der Waals surface area (Å²) in [6.45, 7) is 0.149. The molecule has 0 aliphatic carbocycles. The monoisotopic (exact) mass is 262 g/mol. The quantitative estimate of drug-likeness (QED) is 0.864. The highest BCUT2D eigenvalue weighted by atomic mass is 35.5. The van der Waals surface area contributed by atoms with Gasteiger partial charge in [-0.3, -0.25) is 0 Å². The Balaban J connectivity index is 2.00. The Kier molecular flexibility index (Phi) is 3.79. The summed E-state index contributed by atoms with van der Waals surface area (Å²) in [5.74, 6) is -0.227. The lowest BCUT2D eigenvalue weighted by atomic mass is 10.2. The molecule has 4 nitrogen and oxygen atoms in total. The third-order valence-corrected chi connectivity index (χ3v) is 2.47. The maximum Gasteiger partial charge on any atom is 0.357 e.